The molecule has 1 aliphatic heterocycles. The van der Waals surface area contributed by atoms with Gasteiger partial charge in [-0.25, -0.2) is 0 Å². The zero-order chi connectivity index (χ0) is 17.2. The van der Waals surface area contributed by atoms with Crippen LogP contribution in [0.2, 0.25) is 0 Å². The van der Waals surface area contributed by atoms with Crippen molar-refractivity contribution >= 4 is 17.2 Å². The lowest BCUT2D eigenvalue weighted by molar-refractivity contribution is -0.113. The van der Waals surface area contributed by atoms with Gasteiger partial charge in [-0.05, 0) is 41.8 Å². The predicted octanol–water partition coefficient (Wildman–Crippen LogP) is 4.38. The van der Waals surface area contributed by atoms with Gasteiger partial charge in [-0.3, -0.25) is 4.79 Å². The molecular weight excluding hydrogens is 310 g/mol. The van der Waals surface area contributed by atoms with Crippen LogP contribution in [-0.4, -0.2) is 19.1 Å². The summed E-state index contributed by atoms with van der Waals surface area (Å²) in [7, 11) is 1.64. The first-order chi connectivity index (χ1) is 12.3. The molecule has 3 nitrogen and oxygen atoms in total. The summed E-state index contributed by atoms with van der Waals surface area (Å²) < 4.78 is 5.24. The summed E-state index contributed by atoms with van der Waals surface area (Å²) in [5, 5.41) is 0. The number of nitrogens with zero attached hydrogens (tertiary/aromatic N) is 1. The van der Waals surface area contributed by atoms with Gasteiger partial charge in [0.25, 0.3) is 5.91 Å². The molecule has 0 fully saturated rings. The molecule has 0 saturated carbocycles. The SMILES string of the molecule is COc1ccc(N2C(=O)C(c3ccccc3)=C3C=CC=CCC32)cc1. The van der Waals surface area contributed by atoms with E-state index in [-0.39, 0.29) is 11.9 Å². The molecule has 3 heteroatoms. The van der Waals surface area contributed by atoms with Gasteiger partial charge in [0.05, 0.1) is 18.7 Å². The molecule has 2 aromatic carbocycles. The van der Waals surface area contributed by atoms with Crippen molar-refractivity contribution in [3.8, 4) is 5.75 Å². The van der Waals surface area contributed by atoms with E-state index in [0.29, 0.717) is 0 Å². The van der Waals surface area contributed by atoms with E-state index < -0.39 is 0 Å². The van der Waals surface area contributed by atoms with Crippen LogP contribution in [-0.2, 0) is 4.79 Å². The van der Waals surface area contributed by atoms with Crippen molar-refractivity contribution < 1.29 is 9.53 Å². The van der Waals surface area contributed by atoms with Crippen LogP contribution >= 0.6 is 0 Å². The van der Waals surface area contributed by atoms with Crippen molar-refractivity contribution in [2.75, 3.05) is 12.0 Å². The second-order valence-electron chi connectivity index (χ2n) is 6.11. The van der Waals surface area contributed by atoms with Crippen molar-refractivity contribution in [1.29, 1.82) is 0 Å². The molecular formula is C22H19NO2. The number of hydrogen-bond donors (Lipinski definition) is 0. The number of carbonyl (C=O) groups is 1. The van der Waals surface area contributed by atoms with E-state index in [1.165, 1.54) is 0 Å². The molecule has 2 aromatic rings. The number of fused-ring (bicyclic) bond motifs is 1. The zero-order valence-electron chi connectivity index (χ0n) is 14.1. The zero-order valence-corrected chi connectivity index (χ0v) is 14.1. The normalized spacial score (nSPS) is 19.2. The molecule has 0 spiro atoms. The number of methoxy groups -OCH3 is 1. The minimum absolute atomic E-state index is 0.0195. The van der Waals surface area contributed by atoms with Crippen molar-refractivity contribution in [3.05, 3.63) is 90.0 Å². The minimum Gasteiger partial charge on any atom is -0.497 e. The van der Waals surface area contributed by atoms with Gasteiger partial charge in [0, 0.05) is 5.69 Å². The van der Waals surface area contributed by atoms with E-state index >= 15 is 0 Å². The Labute approximate surface area is 147 Å². The molecule has 1 heterocycles. The van der Waals surface area contributed by atoms with Crippen LogP contribution in [0.4, 0.5) is 5.69 Å². The van der Waals surface area contributed by atoms with E-state index in [1.54, 1.807) is 7.11 Å². The van der Waals surface area contributed by atoms with Crippen LogP contribution in [0.15, 0.2) is 84.5 Å². The van der Waals surface area contributed by atoms with Gasteiger partial charge in [-0.2, -0.15) is 0 Å². The largest absolute Gasteiger partial charge is 0.497 e. The Morgan fingerprint density at radius 2 is 1.76 bits per heavy atom. The van der Waals surface area contributed by atoms with Crippen molar-refractivity contribution in [1.82, 2.24) is 0 Å². The van der Waals surface area contributed by atoms with Gasteiger partial charge >= 0.3 is 0 Å². The lowest BCUT2D eigenvalue weighted by atomic mass is 9.98. The van der Waals surface area contributed by atoms with E-state index in [4.69, 9.17) is 4.74 Å². The van der Waals surface area contributed by atoms with Gasteiger partial charge in [0.2, 0.25) is 0 Å². The average molecular weight is 329 g/mol. The first-order valence-corrected chi connectivity index (χ1v) is 8.40. The van der Waals surface area contributed by atoms with Gasteiger partial charge < -0.3 is 9.64 Å². The second-order valence-corrected chi connectivity index (χ2v) is 6.11. The van der Waals surface area contributed by atoms with Crippen LogP contribution in [0.5, 0.6) is 5.75 Å². The number of allylic oxidation sites excluding steroid dienone is 2. The first kappa shape index (κ1) is 15.5. The average Bonchev–Trinajstić information content (AvgIpc) is 2.79. The van der Waals surface area contributed by atoms with Crippen LogP contribution in [0.3, 0.4) is 0 Å². The van der Waals surface area contributed by atoms with Crippen molar-refractivity contribution in [2.24, 2.45) is 0 Å². The van der Waals surface area contributed by atoms with Gasteiger partial charge in [0.15, 0.2) is 0 Å². The predicted molar refractivity (Wildman–Crippen MR) is 101 cm³/mol. The fraction of sp³-hybridized carbons (Fsp3) is 0.136. The molecule has 0 saturated heterocycles. The third kappa shape index (κ3) is 2.68. The lowest BCUT2D eigenvalue weighted by Crippen LogP contribution is -2.35. The topological polar surface area (TPSA) is 29.5 Å². The van der Waals surface area contributed by atoms with Crippen LogP contribution in [0.25, 0.3) is 5.57 Å². The molecule has 1 amide bonds. The summed E-state index contributed by atoms with van der Waals surface area (Å²) in [5.41, 5.74) is 3.73. The molecule has 0 N–H and O–H groups in total. The summed E-state index contributed by atoms with van der Waals surface area (Å²) in [6.07, 6.45) is 9.05. The Morgan fingerprint density at radius 1 is 1.00 bits per heavy atom. The highest BCUT2D eigenvalue weighted by molar-refractivity contribution is 6.31. The molecule has 1 aliphatic carbocycles. The molecule has 0 aromatic heterocycles. The highest BCUT2D eigenvalue weighted by Crippen LogP contribution is 2.39. The standard InChI is InChI=1S/C22H19NO2/c1-25-18-14-12-17(13-15-18)23-20-11-7-3-6-10-19(20)21(22(23)24)16-8-4-2-5-9-16/h2-10,12-15,20H,11H2,1H3. The molecule has 25 heavy (non-hydrogen) atoms. The van der Waals surface area contributed by atoms with Gasteiger partial charge in [0.1, 0.15) is 5.75 Å². The fourth-order valence-electron chi connectivity index (χ4n) is 3.50. The molecule has 2 aliphatic rings. The van der Waals surface area contributed by atoms with Crippen molar-refractivity contribution in [2.45, 2.75) is 12.5 Å². The van der Waals surface area contributed by atoms with E-state index in [2.05, 4.69) is 12.2 Å². The number of anilines is 1. The van der Waals surface area contributed by atoms with E-state index in [9.17, 15) is 4.79 Å². The number of benzene rings is 2. The number of hydrogen-bond acceptors (Lipinski definition) is 2. The molecule has 0 radical (unpaired) electrons. The Bertz CT molecular complexity index is 876. The summed E-state index contributed by atoms with van der Waals surface area (Å²) >= 11 is 0. The number of rotatable bonds is 3. The third-order valence-electron chi connectivity index (χ3n) is 4.69. The lowest BCUT2D eigenvalue weighted by Gasteiger charge is -2.25. The van der Waals surface area contributed by atoms with E-state index in [0.717, 1.165) is 34.6 Å². The Kier molecular flexibility index (Phi) is 3.98. The summed E-state index contributed by atoms with van der Waals surface area (Å²) in [4.78, 5) is 15.2. The Morgan fingerprint density at radius 3 is 2.48 bits per heavy atom. The van der Waals surface area contributed by atoms with Crippen LogP contribution in [0.1, 0.15) is 12.0 Å². The highest BCUT2D eigenvalue weighted by Gasteiger charge is 2.39. The maximum atomic E-state index is 13.3. The maximum absolute atomic E-state index is 13.3. The number of carbonyl (C=O) groups excluding carboxylic acids is 1. The monoisotopic (exact) mass is 329 g/mol. The van der Waals surface area contributed by atoms with Crippen LogP contribution in [0, 0.1) is 0 Å². The van der Waals surface area contributed by atoms with Gasteiger partial charge in [-0.1, -0.05) is 54.6 Å². The van der Waals surface area contributed by atoms with Gasteiger partial charge in [-0.15, -0.1) is 0 Å². The maximum Gasteiger partial charge on any atom is 0.259 e. The number of amides is 1. The Balaban J connectivity index is 1.82. The first-order valence-electron chi connectivity index (χ1n) is 8.40. The van der Waals surface area contributed by atoms with Crippen molar-refractivity contribution in [3.63, 3.8) is 0 Å². The quantitative estimate of drug-likeness (QED) is 0.836. The summed E-state index contributed by atoms with van der Waals surface area (Å²) in [5.74, 6) is 0.837. The Hall–Kier alpha value is -3.07. The summed E-state index contributed by atoms with van der Waals surface area (Å²) in [6, 6.07) is 17.6. The minimum atomic E-state index is 0.0195. The smallest absolute Gasteiger partial charge is 0.259 e. The molecule has 124 valence electrons. The molecule has 1 atom stereocenters. The molecule has 0 bridgehead atoms. The second kappa shape index (κ2) is 6.44. The molecule has 4 rings (SSSR count). The van der Waals surface area contributed by atoms with E-state index in [1.807, 2.05) is 71.6 Å². The fourth-order valence-corrected chi connectivity index (χ4v) is 3.50. The highest BCUT2D eigenvalue weighted by atomic mass is 16.5. The third-order valence-corrected chi connectivity index (χ3v) is 4.69. The number of ether oxygens (including phenoxy) is 1. The summed E-state index contributed by atoms with van der Waals surface area (Å²) in [6.45, 7) is 0. The molecule has 1 unspecified atom stereocenters. The van der Waals surface area contributed by atoms with Crippen LogP contribution < -0.4 is 9.64 Å².